The molecule has 1 aliphatic rings. The third kappa shape index (κ3) is 2.75. The van der Waals surface area contributed by atoms with E-state index in [0.29, 0.717) is 23.0 Å². The number of hydrogen-bond donors (Lipinski definition) is 1. The maximum Gasteiger partial charge on any atom is 0.261 e. The van der Waals surface area contributed by atoms with Gasteiger partial charge < -0.3 is 5.32 Å². The maximum atomic E-state index is 12.4. The van der Waals surface area contributed by atoms with Gasteiger partial charge in [0, 0.05) is 25.1 Å². The number of fused-ring (bicyclic) bond motifs is 2. The summed E-state index contributed by atoms with van der Waals surface area (Å²) >= 11 is 0. The van der Waals surface area contributed by atoms with E-state index in [1.165, 1.54) is 0 Å². The van der Waals surface area contributed by atoms with E-state index in [1.807, 2.05) is 0 Å². The lowest BCUT2D eigenvalue weighted by Crippen LogP contribution is -2.25. The molecule has 5 heteroatoms. The largest absolute Gasteiger partial charge is 0.352 e. The van der Waals surface area contributed by atoms with Crippen LogP contribution in [0.4, 0.5) is 0 Å². The number of amides is 1. The van der Waals surface area contributed by atoms with Gasteiger partial charge in [0.05, 0.1) is 10.9 Å². The van der Waals surface area contributed by atoms with Gasteiger partial charge in [0.15, 0.2) is 0 Å². The van der Waals surface area contributed by atoms with Crippen molar-refractivity contribution < 1.29 is 4.79 Å². The van der Waals surface area contributed by atoms with Crippen molar-refractivity contribution in [3.8, 4) is 0 Å². The number of aryl methyl sites for hydroxylation is 1. The fraction of sp³-hybridized carbons (Fsp3) is 0.471. The molecule has 1 N–H and O–H groups in total. The van der Waals surface area contributed by atoms with Crippen LogP contribution in [-0.2, 0) is 13.0 Å². The molecule has 0 unspecified atom stereocenters. The molecule has 1 aromatic heterocycles. The van der Waals surface area contributed by atoms with Gasteiger partial charge in [-0.15, -0.1) is 0 Å². The first-order chi connectivity index (χ1) is 10.7. The third-order valence-corrected chi connectivity index (χ3v) is 4.14. The highest BCUT2D eigenvalue weighted by atomic mass is 16.1. The Balaban J connectivity index is 1.85. The Labute approximate surface area is 129 Å². The molecule has 1 aliphatic heterocycles. The molecule has 2 heterocycles. The third-order valence-electron chi connectivity index (χ3n) is 4.14. The minimum absolute atomic E-state index is 0.00686. The number of carbonyl (C=O) groups excluding carboxylic acids is 1. The minimum Gasteiger partial charge on any atom is -0.352 e. The summed E-state index contributed by atoms with van der Waals surface area (Å²) in [4.78, 5) is 29.1. The first-order valence-corrected chi connectivity index (χ1v) is 8.02. The summed E-state index contributed by atoms with van der Waals surface area (Å²) in [6.45, 7) is 3.57. The van der Waals surface area contributed by atoms with Crippen molar-refractivity contribution in [1.29, 1.82) is 0 Å². The second-order valence-electron chi connectivity index (χ2n) is 5.78. The van der Waals surface area contributed by atoms with E-state index in [0.717, 1.165) is 44.5 Å². The smallest absolute Gasteiger partial charge is 0.261 e. The molecule has 1 aromatic carbocycles. The van der Waals surface area contributed by atoms with E-state index in [1.54, 1.807) is 22.8 Å². The zero-order valence-corrected chi connectivity index (χ0v) is 12.9. The van der Waals surface area contributed by atoms with Gasteiger partial charge in [-0.1, -0.05) is 19.8 Å². The quantitative estimate of drug-likeness (QED) is 0.861. The van der Waals surface area contributed by atoms with Gasteiger partial charge in [-0.05, 0) is 31.0 Å². The number of aromatic nitrogens is 2. The van der Waals surface area contributed by atoms with Crippen molar-refractivity contribution in [3.05, 3.63) is 39.9 Å². The average molecular weight is 299 g/mol. The highest BCUT2D eigenvalue weighted by Gasteiger charge is 2.16. The zero-order chi connectivity index (χ0) is 15.5. The first kappa shape index (κ1) is 14.8. The predicted molar refractivity (Wildman–Crippen MR) is 86.2 cm³/mol. The van der Waals surface area contributed by atoms with Crippen LogP contribution >= 0.6 is 0 Å². The Morgan fingerprint density at radius 3 is 3.05 bits per heavy atom. The molecule has 5 nitrogen and oxygen atoms in total. The number of unbranched alkanes of at least 4 members (excludes halogenated alkanes) is 2. The van der Waals surface area contributed by atoms with Crippen LogP contribution in [-0.4, -0.2) is 22.0 Å². The van der Waals surface area contributed by atoms with Gasteiger partial charge in [-0.25, -0.2) is 4.98 Å². The number of nitrogens with one attached hydrogen (secondary N) is 1. The second kappa shape index (κ2) is 6.30. The van der Waals surface area contributed by atoms with Gasteiger partial charge in [-0.2, -0.15) is 0 Å². The summed E-state index contributed by atoms with van der Waals surface area (Å²) in [6, 6.07) is 5.16. The highest BCUT2D eigenvalue weighted by molar-refractivity contribution is 5.97. The predicted octanol–water partition coefficient (Wildman–Crippen LogP) is 2.26. The summed E-state index contributed by atoms with van der Waals surface area (Å²) in [6.07, 6.45) is 5.03. The van der Waals surface area contributed by atoms with E-state index in [2.05, 4.69) is 17.2 Å². The minimum atomic E-state index is -0.0968. The fourth-order valence-corrected chi connectivity index (χ4v) is 2.90. The molecule has 0 atom stereocenters. The van der Waals surface area contributed by atoms with Crippen LogP contribution in [0, 0.1) is 0 Å². The van der Waals surface area contributed by atoms with Crippen LogP contribution in [0.15, 0.2) is 23.0 Å². The van der Waals surface area contributed by atoms with Crippen LogP contribution in [0.25, 0.3) is 10.9 Å². The van der Waals surface area contributed by atoms with Gasteiger partial charge in [0.1, 0.15) is 5.82 Å². The molecular formula is C17H21N3O2. The highest BCUT2D eigenvalue weighted by Crippen LogP contribution is 2.16. The molecule has 2 aromatic rings. The molecule has 0 aliphatic carbocycles. The summed E-state index contributed by atoms with van der Waals surface area (Å²) in [5, 5.41) is 3.51. The summed E-state index contributed by atoms with van der Waals surface area (Å²) in [5.41, 5.74) is 1.20. The fourth-order valence-electron chi connectivity index (χ4n) is 2.90. The molecule has 0 radical (unpaired) electrons. The number of rotatable bonds is 5. The van der Waals surface area contributed by atoms with E-state index in [4.69, 9.17) is 0 Å². The molecule has 1 amide bonds. The normalized spacial score (nSPS) is 13.3. The first-order valence-electron chi connectivity index (χ1n) is 8.02. The van der Waals surface area contributed by atoms with E-state index < -0.39 is 0 Å². The van der Waals surface area contributed by atoms with Crippen molar-refractivity contribution in [3.63, 3.8) is 0 Å². The van der Waals surface area contributed by atoms with Crippen LogP contribution in [0.2, 0.25) is 0 Å². The Bertz CT molecular complexity index is 764. The standard InChI is InChI=1S/C17H21N3O2/c1-2-3-4-9-18-16(21)12-7-8-13-14(11-12)19-15-6-5-10-20(15)17(13)22/h7-8,11H,2-6,9-10H2,1H3,(H,18,21). The van der Waals surface area contributed by atoms with Gasteiger partial charge in [0.2, 0.25) is 0 Å². The van der Waals surface area contributed by atoms with Crippen molar-refractivity contribution >= 4 is 16.8 Å². The molecule has 0 bridgehead atoms. The Kier molecular flexibility index (Phi) is 4.22. The van der Waals surface area contributed by atoms with Crippen molar-refractivity contribution in [2.24, 2.45) is 0 Å². The van der Waals surface area contributed by atoms with Crippen LogP contribution in [0.3, 0.4) is 0 Å². The molecular weight excluding hydrogens is 278 g/mol. The van der Waals surface area contributed by atoms with Crippen LogP contribution < -0.4 is 10.9 Å². The zero-order valence-electron chi connectivity index (χ0n) is 12.9. The number of nitrogens with zero attached hydrogens (tertiary/aromatic N) is 2. The molecule has 0 fully saturated rings. The van der Waals surface area contributed by atoms with Gasteiger partial charge >= 0.3 is 0 Å². The Hall–Kier alpha value is -2.17. The van der Waals surface area contributed by atoms with E-state index >= 15 is 0 Å². The summed E-state index contributed by atoms with van der Waals surface area (Å²) in [7, 11) is 0. The van der Waals surface area contributed by atoms with E-state index in [-0.39, 0.29) is 11.5 Å². The van der Waals surface area contributed by atoms with Crippen molar-refractivity contribution in [2.45, 2.75) is 45.6 Å². The number of carbonyl (C=O) groups is 1. The molecule has 3 rings (SSSR count). The number of benzene rings is 1. The van der Waals surface area contributed by atoms with Crippen LogP contribution in [0.5, 0.6) is 0 Å². The van der Waals surface area contributed by atoms with E-state index in [9.17, 15) is 9.59 Å². The van der Waals surface area contributed by atoms with Crippen LogP contribution in [0.1, 0.15) is 48.8 Å². The molecule has 0 saturated heterocycles. The lowest BCUT2D eigenvalue weighted by molar-refractivity contribution is 0.0953. The second-order valence-corrected chi connectivity index (χ2v) is 5.78. The maximum absolute atomic E-state index is 12.4. The Morgan fingerprint density at radius 1 is 1.36 bits per heavy atom. The SMILES string of the molecule is CCCCCNC(=O)c1ccc2c(=O)n3c(nc2c1)CCC3. The topological polar surface area (TPSA) is 64.0 Å². The monoisotopic (exact) mass is 299 g/mol. The van der Waals surface area contributed by atoms with Gasteiger partial charge in [0.25, 0.3) is 11.5 Å². The van der Waals surface area contributed by atoms with Crippen molar-refractivity contribution in [2.75, 3.05) is 6.54 Å². The summed E-state index contributed by atoms with van der Waals surface area (Å²) in [5.74, 6) is 0.735. The average Bonchev–Trinajstić information content (AvgIpc) is 2.99. The molecule has 0 spiro atoms. The lowest BCUT2D eigenvalue weighted by Gasteiger charge is -2.08. The molecule has 22 heavy (non-hydrogen) atoms. The lowest BCUT2D eigenvalue weighted by atomic mass is 10.1. The van der Waals surface area contributed by atoms with Gasteiger partial charge in [-0.3, -0.25) is 14.2 Å². The molecule has 116 valence electrons. The van der Waals surface area contributed by atoms with Crippen molar-refractivity contribution in [1.82, 2.24) is 14.9 Å². The number of hydrogen-bond acceptors (Lipinski definition) is 3. The molecule has 0 saturated carbocycles. The Morgan fingerprint density at radius 2 is 2.23 bits per heavy atom. The summed E-state index contributed by atoms with van der Waals surface area (Å²) < 4.78 is 1.74.